The van der Waals surface area contributed by atoms with Gasteiger partial charge in [-0.1, -0.05) is 84.4 Å². The average Bonchev–Trinajstić information content (AvgIpc) is 3.41. The fraction of sp³-hybridized carbons (Fsp3) is 0.214. The first-order valence-corrected chi connectivity index (χ1v) is 11.3. The van der Waals surface area contributed by atoms with E-state index in [2.05, 4.69) is 0 Å². The zero-order valence-corrected chi connectivity index (χ0v) is 18.4. The molecule has 0 radical (unpaired) electrons. The zero-order chi connectivity index (χ0) is 23.6. The molecule has 168 valence electrons. The second-order valence-electron chi connectivity index (χ2n) is 9.14. The van der Waals surface area contributed by atoms with Gasteiger partial charge in [-0.15, -0.1) is 0 Å². The van der Waals surface area contributed by atoms with Gasteiger partial charge in [-0.05, 0) is 18.1 Å². The molecule has 6 rings (SSSR count). The van der Waals surface area contributed by atoms with Crippen LogP contribution < -0.4 is 0 Å². The number of nitrogens with zero attached hydrogens (tertiary/aromatic N) is 1. The van der Waals surface area contributed by atoms with Gasteiger partial charge in [-0.3, -0.25) is 24.1 Å². The molecule has 2 fully saturated rings. The molecule has 0 bridgehead atoms. The number of amides is 2. The van der Waals surface area contributed by atoms with Gasteiger partial charge in [0.15, 0.2) is 0 Å². The fourth-order valence-electron chi connectivity index (χ4n) is 5.56. The van der Waals surface area contributed by atoms with Crippen molar-refractivity contribution in [1.29, 1.82) is 0 Å². The quantitative estimate of drug-likeness (QED) is 0.448. The number of fused-ring (bicyclic) bond motifs is 3. The molecule has 6 nitrogen and oxygen atoms in total. The van der Waals surface area contributed by atoms with Crippen LogP contribution in [0.25, 0.3) is 0 Å². The molecule has 0 aromatic heterocycles. The van der Waals surface area contributed by atoms with Gasteiger partial charge in [-0.25, -0.2) is 0 Å². The summed E-state index contributed by atoms with van der Waals surface area (Å²) in [6.45, 7) is 2.02. The number of carbonyl (C=O) groups is 4. The highest BCUT2D eigenvalue weighted by atomic mass is 16.5. The van der Waals surface area contributed by atoms with E-state index in [0.29, 0.717) is 5.56 Å². The topological polar surface area (TPSA) is 80.8 Å². The number of carbonyl (C=O) groups excluding carboxylic acids is 4. The highest BCUT2D eigenvalue weighted by Gasteiger charge is 2.74. The van der Waals surface area contributed by atoms with Crippen LogP contribution in [-0.4, -0.2) is 33.9 Å². The van der Waals surface area contributed by atoms with Crippen molar-refractivity contribution < 1.29 is 23.9 Å². The number of likely N-dealkylation sites (tertiary alicyclic amines) is 1. The smallest absolute Gasteiger partial charge is 0.237 e. The normalized spacial score (nSPS) is 24.7. The van der Waals surface area contributed by atoms with Crippen LogP contribution in [0.1, 0.15) is 43.5 Å². The van der Waals surface area contributed by atoms with Crippen LogP contribution >= 0.6 is 0 Å². The fourth-order valence-corrected chi connectivity index (χ4v) is 5.56. The molecular weight excluding hydrogens is 430 g/mol. The number of ketones is 2. The number of aryl methyl sites for hydroxylation is 1. The van der Waals surface area contributed by atoms with E-state index in [-0.39, 0.29) is 17.7 Å². The molecular formula is C28H21NO5. The molecule has 2 heterocycles. The number of ether oxygens (including phenoxy) is 1. The van der Waals surface area contributed by atoms with E-state index in [4.69, 9.17) is 4.74 Å². The minimum atomic E-state index is -2.03. The summed E-state index contributed by atoms with van der Waals surface area (Å²) in [7, 11) is 0. The molecule has 3 aromatic rings. The second kappa shape index (κ2) is 7.30. The van der Waals surface area contributed by atoms with Crippen molar-refractivity contribution in [2.24, 2.45) is 11.8 Å². The molecule has 2 saturated heterocycles. The molecule has 0 unspecified atom stereocenters. The van der Waals surface area contributed by atoms with Crippen LogP contribution in [0.2, 0.25) is 0 Å². The van der Waals surface area contributed by atoms with Gasteiger partial charge in [0, 0.05) is 11.1 Å². The number of benzene rings is 3. The van der Waals surface area contributed by atoms with Crippen LogP contribution in [0.15, 0.2) is 78.9 Å². The third-order valence-corrected chi connectivity index (χ3v) is 7.20. The second-order valence-corrected chi connectivity index (χ2v) is 9.14. The molecule has 34 heavy (non-hydrogen) atoms. The third-order valence-electron chi connectivity index (χ3n) is 7.20. The highest BCUT2D eigenvalue weighted by molar-refractivity contribution is 6.35. The minimum Gasteiger partial charge on any atom is -0.349 e. The van der Waals surface area contributed by atoms with Crippen LogP contribution in [0, 0.1) is 18.8 Å². The van der Waals surface area contributed by atoms with E-state index in [0.717, 1.165) is 11.1 Å². The monoisotopic (exact) mass is 451 g/mol. The first kappa shape index (κ1) is 20.7. The standard InChI is InChI=1S/C28H21NO5/c1-16-11-13-18(14-12-16)23-21-22(27(33)29(26(21)32)15-17-7-3-2-4-8-17)28(34-23)24(30)19-9-5-6-10-20(19)25(28)31/h2-14,21-23H,15H2,1H3/t21-,22-,23-/m1/s1. The van der Waals surface area contributed by atoms with Crippen molar-refractivity contribution in [3.05, 3.63) is 107 Å². The Morgan fingerprint density at radius 2 is 1.35 bits per heavy atom. The Morgan fingerprint density at radius 1 is 0.765 bits per heavy atom. The van der Waals surface area contributed by atoms with E-state index in [1.54, 1.807) is 24.3 Å². The maximum atomic E-state index is 13.8. The summed E-state index contributed by atoms with van der Waals surface area (Å²) < 4.78 is 6.28. The van der Waals surface area contributed by atoms with Crippen molar-refractivity contribution in [2.75, 3.05) is 0 Å². The summed E-state index contributed by atoms with van der Waals surface area (Å²) >= 11 is 0. The average molecular weight is 451 g/mol. The molecule has 0 saturated carbocycles. The summed E-state index contributed by atoms with van der Waals surface area (Å²) in [6, 6.07) is 23.1. The Morgan fingerprint density at radius 3 is 1.97 bits per heavy atom. The maximum Gasteiger partial charge on any atom is 0.237 e. The first-order valence-electron chi connectivity index (χ1n) is 11.3. The van der Waals surface area contributed by atoms with Crippen molar-refractivity contribution >= 4 is 23.4 Å². The molecule has 1 aliphatic carbocycles. The van der Waals surface area contributed by atoms with E-state index < -0.39 is 46.9 Å². The Balaban J connectivity index is 1.49. The molecule has 0 N–H and O–H groups in total. The van der Waals surface area contributed by atoms with Gasteiger partial charge in [0.05, 0.1) is 24.5 Å². The lowest BCUT2D eigenvalue weighted by molar-refractivity contribution is -0.145. The molecule has 3 aliphatic rings. The first-order chi connectivity index (χ1) is 16.4. The number of imide groups is 1. The van der Waals surface area contributed by atoms with Gasteiger partial charge < -0.3 is 4.74 Å². The summed E-state index contributed by atoms with van der Waals surface area (Å²) in [5, 5.41) is 0. The van der Waals surface area contributed by atoms with Crippen molar-refractivity contribution in [1.82, 2.24) is 4.90 Å². The van der Waals surface area contributed by atoms with Crippen LogP contribution in [0.4, 0.5) is 0 Å². The van der Waals surface area contributed by atoms with Crippen LogP contribution in [0.5, 0.6) is 0 Å². The predicted molar refractivity (Wildman–Crippen MR) is 122 cm³/mol. The Kier molecular flexibility index (Phi) is 4.44. The Bertz CT molecular complexity index is 1330. The van der Waals surface area contributed by atoms with E-state index >= 15 is 0 Å². The van der Waals surface area contributed by atoms with Gasteiger partial charge >= 0.3 is 0 Å². The van der Waals surface area contributed by atoms with Crippen molar-refractivity contribution in [2.45, 2.75) is 25.2 Å². The van der Waals surface area contributed by atoms with Crippen molar-refractivity contribution in [3.8, 4) is 0 Å². The Labute approximate surface area is 196 Å². The van der Waals surface area contributed by atoms with Gasteiger partial charge in [0.2, 0.25) is 29.0 Å². The molecule has 3 atom stereocenters. The summed E-state index contributed by atoms with van der Waals surface area (Å²) in [6.07, 6.45) is -0.884. The lowest BCUT2D eigenvalue weighted by Crippen LogP contribution is -2.50. The predicted octanol–water partition coefficient (Wildman–Crippen LogP) is 3.69. The van der Waals surface area contributed by atoms with E-state index in [9.17, 15) is 19.2 Å². The zero-order valence-electron chi connectivity index (χ0n) is 18.4. The van der Waals surface area contributed by atoms with Crippen LogP contribution in [-0.2, 0) is 20.9 Å². The number of Topliss-reactive ketones (excluding diaryl/α,β-unsaturated/α-hetero) is 2. The molecule has 2 aliphatic heterocycles. The Hall–Kier alpha value is -3.90. The van der Waals surface area contributed by atoms with E-state index in [1.165, 1.54) is 4.90 Å². The molecule has 1 spiro atoms. The SMILES string of the molecule is Cc1ccc([C@H]2OC3(C(=O)c4ccccc4C3=O)[C@H]3C(=O)N(Cc4ccccc4)C(=O)[C@@H]23)cc1. The minimum absolute atomic E-state index is 0.0809. The summed E-state index contributed by atoms with van der Waals surface area (Å²) in [5.41, 5.74) is 0.917. The van der Waals surface area contributed by atoms with Gasteiger partial charge in [-0.2, -0.15) is 0 Å². The van der Waals surface area contributed by atoms with Gasteiger partial charge in [0.25, 0.3) is 0 Å². The lowest BCUT2D eigenvalue weighted by atomic mass is 9.77. The van der Waals surface area contributed by atoms with E-state index in [1.807, 2.05) is 61.5 Å². The largest absolute Gasteiger partial charge is 0.349 e. The number of hydrogen-bond donors (Lipinski definition) is 0. The van der Waals surface area contributed by atoms with Gasteiger partial charge in [0.1, 0.15) is 0 Å². The van der Waals surface area contributed by atoms with Crippen LogP contribution in [0.3, 0.4) is 0 Å². The highest BCUT2D eigenvalue weighted by Crippen LogP contribution is 2.57. The summed E-state index contributed by atoms with van der Waals surface area (Å²) in [5.74, 6) is -4.20. The third kappa shape index (κ3) is 2.66. The molecule has 6 heteroatoms. The molecule has 2 amide bonds. The number of hydrogen-bond acceptors (Lipinski definition) is 5. The summed E-state index contributed by atoms with van der Waals surface area (Å²) in [4.78, 5) is 56.0. The lowest BCUT2D eigenvalue weighted by Gasteiger charge is -2.27. The molecule has 3 aromatic carbocycles. The maximum absolute atomic E-state index is 13.8. The van der Waals surface area contributed by atoms with Crippen molar-refractivity contribution in [3.63, 3.8) is 0 Å². The number of rotatable bonds is 3.